The van der Waals surface area contributed by atoms with Crippen LogP contribution in [0.15, 0.2) is 42.5 Å². The molecule has 0 bridgehead atoms. The van der Waals surface area contributed by atoms with E-state index in [1.165, 1.54) is 37.3 Å². The Hall–Kier alpha value is -2.91. The van der Waals surface area contributed by atoms with E-state index in [1.807, 2.05) is 0 Å². The maximum absolute atomic E-state index is 11.3. The molecule has 5 N–H and O–H groups in total. The fraction of sp³-hybridized carbons (Fsp3) is 0.118. The summed E-state index contributed by atoms with van der Waals surface area (Å²) >= 11 is -4.83. The van der Waals surface area contributed by atoms with Crippen molar-refractivity contribution in [1.82, 2.24) is 0 Å². The van der Waals surface area contributed by atoms with Crippen molar-refractivity contribution in [1.29, 1.82) is 0 Å². The van der Waals surface area contributed by atoms with Gasteiger partial charge in [-0.15, -0.1) is 0 Å². The van der Waals surface area contributed by atoms with Crippen molar-refractivity contribution < 1.29 is 41.6 Å². The Morgan fingerprint density at radius 1 is 1.00 bits per heavy atom. The van der Waals surface area contributed by atoms with Gasteiger partial charge in [0.05, 0.1) is 11.1 Å². The molecule has 0 aliphatic rings. The second kappa shape index (κ2) is 9.86. The third kappa shape index (κ3) is 7.01. The Kier molecular flexibility index (Phi) is 8.14. The first kappa shape index (κ1) is 23.1. The molecule has 150 valence electrons. The third-order valence-electron chi connectivity index (χ3n) is 3.17. The van der Waals surface area contributed by atoms with Crippen LogP contribution in [-0.4, -0.2) is 51.6 Å². The summed E-state index contributed by atoms with van der Waals surface area (Å²) in [6, 6.07) is 9.63. The smallest absolute Gasteiger partial charge is 0.335 e. The number of carboxylic acids is 2. The van der Waals surface area contributed by atoms with Crippen molar-refractivity contribution in [3.63, 3.8) is 0 Å². The number of anilines is 1. The Morgan fingerprint density at radius 2 is 1.54 bits per heavy atom. The van der Waals surface area contributed by atoms with Gasteiger partial charge < -0.3 is 10.2 Å². The number of amides is 1. The quantitative estimate of drug-likeness (QED) is 0.252. The van der Waals surface area contributed by atoms with E-state index in [0.29, 0.717) is 11.3 Å². The van der Waals surface area contributed by atoms with Gasteiger partial charge in [0, 0.05) is 0 Å². The molecule has 1 atom stereocenters. The van der Waals surface area contributed by atoms with Crippen LogP contribution in [0.3, 0.4) is 0 Å². The average molecular weight is 455 g/mol. The van der Waals surface area contributed by atoms with Crippen LogP contribution in [0.2, 0.25) is 0 Å². The second-order valence-corrected chi connectivity index (χ2v) is 9.14. The zero-order chi connectivity index (χ0) is 21.5. The second-order valence-electron chi connectivity index (χ2n) is 5.53. The van der Waals surface area contributed by atoms with Crippen molar-refractivity contribution in [2.24, 2.45) is 0 Å². The van der Waals surface area contributed by atoms with Crippen molar-refractivity contribution in [3.8, 4) is 0 Å². The molecule has 0 saturated carbocycles. The molecule has 2 aromatic carbocycles. The number of hydrogen-bond acceptors (Lipinski definition) is 6. The first-order valence-corrected chi connectivity index (χ1v) is 10.9. The van der Waals surface area contributed by atoms with Crippen molar-refractivity contribution >= 4 is 42.1 Å². The summed E-state index contributed by atoms with van der Waals surface area (Å²) in [7, 11) is 0. The number of carbonyl (C=O) groups excluding carboxylic acids is 1. The fourth-order valence-corrected chi connectivity index (χ4v) is 3.45. The molecule has 0 heterocycles. The number of aromatic carboxylic acids is 2. The fourth-order valence-electron chi connectivity index (χ4n) is 2.04. The minimum absolute atomic E-state index is 0.00241. The van der Waals surface area contributed by atoms with Crippen LogP contribution < -0.4 is 9.67 Å². The van der Waals surface area contributed by atoms with Crippen LogP contribution in [0.5, 0.6) is 0 Å². The van der Waals surface area contributed by atoms with Gasteiger partial charge in [-0.05, 0) is 30.7 Å². The van der Waals surface area contributed by atoms with Gasteiger partial charge in [0.2, 0.25) is 0 Å². The third-order valence-corrected chi connectivity index (χ3v) is 5.59. The van der Waals surface area contributed by atoms with E-state index in [0.717, 1.165) is 6.07 Å². The molecule has 0 fully saturated rings. The Labute approximate surface area is 162 Å². The number of benzene rings is 2. The predicted molar refractivity (Wildman–Crippen MR) is 97.9 cm³/mol. The van der Waals surface area contributed by atoms with Crippen LogP contribution >= 0.6 is 0 Å². The molecular formula is C17H18AsNO9. The SMILES string of the molecule is CC(=O)Nc1cccc([As](=O)(O)OO)c1.Cc1cc(C(=O)O)cc(C(=O)O)c1. The molecule has 1 unspecified atom stereocenters. The summed E-state index contributed by atoms with van der Waals surface area (Å²) in [6.45, 7) is 2.97. The van der Waals surface area contributed by atoms with Crippen molar-refractivity contribution in [3.05, 3.63) is 59.2 Å². The van der Waals surface area contributed by atoms with Gasteiger partial charge in [-0.2, -0.15) is 0 Å². The zero-order valence-corrected chi connectivity index (χ0v) is 16.7. The molecule has 2 aromatic rings. The van der Waals surface area contributed by atoms with E-state index in [4.69, 9.17) is 15.5 Å². The van der Waals surface area contributed by atoms with E-state index in [2.05, 4.69) is 9.19 Å². The summed E-state index contributed by atoms with van der Waals surface area (Å²) in [5, 5.41) is 27.9. The standard InChI is InChI=1S/C9H8O4.C8H10AsNO5/c1-5-2-6(8(10)11)4-7(3-5)9(12)13;1-6(11)10-8-4-2-3-7(5-8)9(12,13)15-14/h2-4H,1H3,(H,10,11)(H,12,13);2-5,14H,1H3,(H,10,11)(H,12,13). The topological polar surface area (TPSA) is 170 Å². The summed E-state index contributed by atoms with van der Waals surface area (Å²) in [6.07, 6.45) is 0. The number of carboxylic acid groups (broad SMARTS) is 2. The summed E-state index contributed by atoms with van der Waals surface area (Å²) in [4.78, 5) is 31.8. The van der Waals surface area contributed by atoms with Gasteiger partial charge in [0.15, 0.2) is 0 Å². The summed E-state index contributed by atoms with van der Waals surface area (Å²) < 4.78 is 23.9. The first-order valence-electron chi connectivity index (χ1n) is 7.58. The molecule has 1 amide bonds. The van der Waals surface area contributed by atoms with Crippen LogP contribution in [0.25, 0.3) is 0 Å². The number of carbonyl (C=O) groups is 3. The first-order chi connectivity index (χ1) is 13.0. The molecule has 0 aliphatic heterocycles. The molecule has 0 saturated heterocycles. The molecule has 11 heteroatoms. The molecule has 0 spiro atoms. The maximum Gasteiger partial charge on any atom is 0.335 e. The molecular weight excluding hydrogens is 437 g/mol. The zero-order valence-electron chi connectivity index (χ0n) is 14.8. The van der Waals surface area contributed by atoms with Gasteiger partial charge in [0.1, 0.15) is 0 Å². The van der Waals surface area contributed by atoms with Crippen LogP contribution in [-0.2, 0) is 12.4 Å². The molecule has 0 aromatic heterocycles. The summed E-state index contributed by atoms with van der Waals surface area (Å²) in [5.74, 6) is -2.53. The van der Waals surface area contributed by atoms with Gasteiger partial charge in [0.25, 0.3) is 0 Å². The molecule has 0 radical (unpaired) electrons. The average Bonchev–Trinajstić information content (AvgIpc) is 2.61. The van der Waals surface area contributed by atoms with Crippen LogP contribution in [0, 0.1) is 6.92 Å². The Morgan fingerprint density at radius 3 is 1.96 bits per heavy atom. The van der Waals surface area contributed by atoms with E-state index >= 15 is 0 Å². The van der Waals surface area contributed by atoms with E-state index < -0.39 is 26.1 Å². The van der Waals surface area contributed by atoms with Crippen LogP contribution in [0.1, 0.15) is 33.2 Å². The maximum atomic E-state index is 11.3. The Bertz CT molecular complexity index is 910. The largest absolute Gasteiger partial charge is 0.478 e. The minimum Gasteiger partial charge on any atom is -0.478 e. The van der Waals surface area contributed by atoms with Gasteiger partial charge in [-0.1, -0.05) is 0 Å². The number of aryl methyl sites for hydroxylation is 1. The molecule has 10 nitrogen and oxygen atoms in total. The predicted octanol–water partition coefficient (Wildman–Crippen LogP) is 1.09. The normalized spacial score (nSPS) is 12.1. The number of rotatable bonds is 5. The van der Waals surface area contributed by atoms with Crippen molar-refractivity contribution in [2.75, 3.05) is 5.32 Å². The van der Waals surface area contributed by atoms with Crippen LogP contribution in [0.4, 0.5) is 5.69 Å². The summed E-state index contributed by atoms with van der Waals surface area (Å²) in [5.41, 5.74) is 0.986. The molecule has 2 rings (SSSR count). The van der Waals surface area contributed by atoms with Gasteiger partial charge in [-0.25, -0.2) is 9.59 Å². The van der Waals surface area contributed by atoms with E-state index in [9.17, 15) is 22.2 Å². The van der Waals surface area contributed by atoms with Gasteiger partial charge >= 0.3 is 100 Å². The van der Waals surface area contributed by atoms with Crippen molar-refractivity contribution in [2.45, 2.75) is 13.8 Å². The Balaban J connectivity index is 0.000000283. The van der Waals surface area contributed by atoms with E-state index in [-0.39, 0.29) is 21.4 Å². The monoisotopic (exact) mass is 455 g/mol. The molecule has 28 heavy (non-hydrogen) atoms. The van der Waals surface area contributed by atoms with E-state index in [1.54, 1.807) is 13.0 Å². The van der Waals surface area contributed by atoms with Gasteiger partial charge in [-0.3, -0.25) is 0 Å². The number of nitrogens with one attached hydrogen (secondary N) is 1. The molecule has 0 aliphatic carbocycles. The minimum atomic E-state index is -4.83. The number of hydrogen-bond donors (Lipinski definition) is 5.